The van der Waals surface area contributed by atoms with Crippen LogP contribution in [0, 0.1) is 12.7 Å². The van der Waals surface area contributed by atoms with Crippen LogP contribution in [0.5, 0.6) is 0 Å². The standard InChI is InChI=1S/C21H22FN7O.ClH/c1-15-2-4-16(5-3-15)14-23-28-20-25-19(24-18-8-6-17(22)7-9-18)26-21(27-20)29-10-12-30-13-11-29;/h2-9,14H,10-13H2,1H3,(H2,24,25,26,27,28);1H. The summed E-state index contributed by atoms with van der Waals surface area (Å²) < 4.78 is 18.6. The van der Waals surface area contributed by atoms with Crippen molar-refractivity contribution in [3.8, 4) is 0 Å². The van der Waals surface area contributed by atoms with Crippen molar-refractivity contribution >= 4 is 42.2 Å². The summed E-state index contributed by atoms with van der Waals surface area (Å²) in [5.41, 5.74) is 5.69. The van der Waals surface area contributed by atoms with Crippen LogP contribution >= 0.6 is 12.4 Å². The summed E-state index contributed by atoms with van der Waals surface area (Å²) in [4.78, 5) is 15.4. The van der Waals surface area contributed by atoms with Crippen LogP contribution in [0.4, 0.5) is 27.9 Å². The zero-order valence-corrected chi connectivity index (χ0v) is 17.8. The van der Waals surface area contributed by atoms with Gasteiger partial charge >= 0.3 is 0 Å². The van der Waals surface area contributed by atoms with E-state index in [1.165, 1.54) is 17.7 Å². The highest BCUT2D eigenvalue weighted by molar-refractivity contribution is 5.85. The lowest BCUT2D eigenvalue weighted by Crippen LogP contribution is -2.37. The first kappa shape index (κ1) is 22.4. The van der Waals surface area contributed by atoms with Gasteiger partial charge in [-0.3, -0.25) is 0 Å². The Morgan fingerprint density at radius 3 is 2.35 bits per heavy atom. The second kappa shape index (κ2) is 10.6. The largest absolute Gasteiger partial charge is 0.378 e. The first-order chi connectivity index (χ1) is 14.7. The molecule has 0 aliphatic carbocycles. The van der Waals surface area contributed by atoms with E-state index < -0.39 is 0 Å². The normalized spacial score (nSPS) is 13.7. The number of ether oxygens (including phenoxy) is 1. The van der Waals surface area contributed by atoms with Gasteiger partial charge in [-0.15, -0.1) is 12.4 Å². The number of nitrogens with zero attached hydrogens (tertiary/aromatic N) is 5. The number of halogens is 2. The summed E-state index contributed by atoms with van der Waals surface area (Å²) in [7, 11) is 0. The van der Waals surface area contributed by atoms with E-state index >= 15 is 0 Å². The number of benzene rings is 2. The molecular formula is C21H23ClFN7O. The number of hydrogen-bond donors (Lipinski definition) is 2. The molecule has 1 aliphatic heterocycles. The molecule has 3 aromatic rings. The smallest absolute Gasteiger partial charge is 0.250 e. The predicted molar refractivity (Wildman–Crippen MR) is 122 cm³/mol. The van der Waals surface area contributed by atoms with Crippen molar-refractivity contribution < 1.29 is 9.13 Å². The molecule has 10 heteroatoms. The van der Waals surface area contributed by atoms with Crippen LogP contribution in [0.3, 0.4) is 0 Å². The van der Waals surface area contributed by atoms with Crippen LogP contribution in [-0.4, -0.2) is 47.5 Å². The number of nitrogens with one attached hydrogen (secondary N) is 2. The fourth-order valence-electron chi connectivity index (χ4n) is 2.85. The Morgan fingerprint density at radius 1 is 0.968 bits per heavy atom. The summed E-state index contributed by atoms with van der Waals surface area (Å²) >= 11 is 0. The minimum atomic E-state index is -0.307. The van der Waals surface area contributed by atoms with Gasteiger partial charge in [0.1, 0.15) is 5.82 Å². The van der Waals surface area contributed by atoms with Crippen LogP contribution < -0.4 is 15.6 Å². The summed E-state index contributed by atoms with van der Waals surface area (Å²) in [5.74, 6) is 0.856. The minimum Gasteiger partial charge on any atom is -0.378 e. The van der Waals surface area contributed by atoms with Crippen molar-refractivity contribution in [2.45, 2.75) is 6.92 Å². The van der Waals surface area contributed by atoms with Crippen molar-refractivity contribution in [2.24, 2.45) is 5.10 Å². The zero-order chi connectivity index (χ0) is 20.8. The Balaban J connectivity index is 0.00000272. The molecule has 31 heavy (non-hydrogen) atoms. The fraction of sp³-hybridized carbons (Fsp3) is 0.238. The number of aromatic nitrogens is 3. The Morgan fingerprint density at radius 2 is 1.65 bits per heavy atom. The van der Waals surface area contributed by atoms with Gasteiger partial charge in [0.2, 0.25) is 17.8 Å². The molecule has 0 saturated carbocycles. The summed E-state index contributed by atoms with van der Waals surface area (Å²) in [6.45, 7) is 4.63. The van der Waals surface area contributed by atoms with Gasteiger partial charge in [0.25, 0.3) is 0 Å². The molecule has 0 radical (unpaired) electrons. The molecule has 0 bridgehead atoms. The van der Waals surface area contributed by atoms with Gasteiger partial charge in [0.15, 0.2) is 0 Å². The molecule has 0 unspecified atom stereocenters. The predicted octanol–water partition coefficient (Wildman–Crippen LogP) is 3.77. The van der Waals surface area contributed by atoms with Gasteiger partial charge in [-0.05, 0) is 36.8 Å². The highest BCUT2D eigenvalue weighted by atomic mass is 35.5. The Kier molecular flexibility index (Phi) is 7.69. The van der Waals surface area contributed by atoms with E-state index in [-0.39, 0.29) is 18.2 Å². The molecule has 8 nitrogen and oxygen atoms in total. The van der Waals surface area contributed by atoms with Crippen LogP contribution in [-0.2, 0) is 4.74 Å². The summed E-state index contributed by atoms with van der Waals surface area (Å²) in [5, 5.41) is 7.33. The Labute approximate surface area is 186 Å². The van der Waals surface area contributed by atoms with Gasteiger partial charge in [0.05, 0.1) is 19.4 Å². The maximum atomic E-state index is 13.2. The van der Waals surface area contributed by atoms with E-state index in [1.54, 1.807) is 18.3 Å². The second-order valence-corrected chi connectivity index (χ2v) is 6.79. The third-order valence-electron chi connectivity index (χ3n) is 4.47. The monoisotopic (exact) mass is 443 g/mol. The van der Waals surface area contributed by atoms with Gasteiger partial charge in [0, 0.05) is 18.8 Å². The third-order valence-corrected chi connectivity index (χ3v) is 4.47. The van der Waals surface area contributed by atoms with E-state index in [4.69, 9.17) is 4.74 Å². The number of morpholine rings is 1. The molecule has 2 heterocycles. The van der Waals surface area contributed by atoms with Crippen molar-refractivity contribution in [3.63, 3.8) is 0 Å². The SMILES string of the molecule is Cc1ccc(C=NNc2nc(Nc3ccc(F)cc3)nc(N3CCOCC3)n2)cc1.Cl. The molecule has 1 saturated heterocycles. The number of rotatable bonds is 6. The molecule has 0 spiro atoms. The van der Waals surface area contributed by atoms with E-state index in [9.17, 15) is 4.39 Å². The van der Waals surface area contributed by atoms with Crippen molar-refractivity contribution in [1.82, 2.24) is 15.0 Å². The van der Waals surface area contributed by atoms with E-state index in [1.807, 2.05) is 36.1 Å². The average molecular weight is 444 g/mol. The third kappa shape index (κ3) is 6.34. The number of aryl methyl sites for hydroxylation is 1. The molecule has 4 rings (SSSR count). The quantitative estimate of drug-likeness (QED) is 0.443. The molecule has 0 atom stereocenters. The second-order valence-electron chi connectivity index (χ2n) is 6.79. The number of hydrazone groups is 1. The molecular weight excluding hydrogens is 421 g/mol. The lowest BCUT2D eigenvalue weighted by Gasteiger charge is -2.27. The van der Waals surface area contributed by atoms with Gasteiger partial charge < -0.3 is 15.0 Å². The van der Waals surface area contributed by atoms with Gasteiger partial charge in [-0.2, -0.15) is 20.1 Å². The van der Waals surface area contributed by atoms with E-state index in [2.05, 4.69) is 30.8 Å². The van der Waals surface area contributed by atoms with Crippen LogP contribution in [0.2, 0.25) is 0 Å². The maximum Gasteiger partial charge on any atom is 0.250 e. The zero-order valence-electron chi connectivity index (χ0n) is 17.0. The summed E-state index contributed by atoms with van der Waals surface area (Å²) in [6.07, 6.45) is 1.70. The number of anilines is 4. The highest BCUT2D eigenvalue weighted by Gasteiger charge is 2.16. The molecule has 0 amide bonds. The molecule has 2 aromatic carbocycles. The maximum absolute atomic E-state index is 13.2. The van der Waals surface area contributed by atoms with Crippen molar-refractivity contribution in [1.29, 1.82) is 0 Å². The first-order valence-corrected chi connectivity index (χ1v) is 9.63. The Hall–Kier alpha value is -3.30. The molecule has 2 N–H and O–H groups in total. The van der Waals surface area contributed by atoms with Crippen LogP contribution in [0.15, 0.2) is 53.6 Å². The van der Waals surface area contributed by atoms with Gasteiger partial charge in [-0.1, -0.05) is 29.8 Å². The minimum absolute atomic E-state index is 0. The topological polar surface area (TPSA) is 87.6 Å². The van der Waals surface area contributed by atoms with Crippen LogP contribution in [0.25, 0.3) is 0 Å². The van der Waals surface area contributed by atoms with E-state index in [0.29, 0.717) is 49.8 Å². The molecule has 162 valence electrons. The number of hydrogen-bond acceptors (Lipinski definition) is 8. The van der Waals surface area contributed by atoms with Crippen molar-refractivity contribution in [3.05, 3.63) is 65.5 Å². The summed E-state index contributed by atoms with van der Waals surface area (Å²) in [6, 6.07) is 14.0. The van der Waals surface area contributed by atoms with Crippen molar-refractivity contribution in [2.75, 3.05) is 41.9 Å². The first-order valence-electron chi connectivity index (χ1n) is 9.63. The van der Waals surface area contributed by atoms with Gasteiger partial charge in [-0.25, -0.2) is 9.82 Å². The van der Waals surface area contributed by atoms with Crippen LogP contribution in [0.1, 0.15) is 11.1 Å². The Bertz CT molecular complexity index is 1010. The van der Waals surface area contributed by atoms with E-state index in [0.717, 1.165) is 5.56 Å². The lowest BCUT2D eigenvalue weighted by molar-refractivity contribution is 0.122. The molecule has 1 fully saturated rings. The highest BCUT2D eigenvalue weighted by Crippen LogP contribution is 2.19. The molecule has 1 aromatic heterocycles. The lowest BCUT2D eigenvalue weighted by atomic mass is 10.2. The average Bonchev–Trinajstić information content (AvgIpc) is 2.77. The fourth-order valence-corrected chi connectivity index (χ4v) is 2.85. The molecule has 1 aliphatic rings.